The minimum Gasteiger partial charge on any atom is -0.381 e. The Kier molecular flexibility index (Phi) is 2.35. The molecule has 0 aliphatic heterocycles. The van der Waals surface area contributed by atoms with Gasteiger partial charge in [0.25, 0.3) is 0 Å². The fourth-order valence-corrected chi connectivity index (χ4v) is 2.83. The molecule has 2 rings (SSSR count). The molecule has 0 amide bonds. The number of halogens is 1. The number of hydrogen-bond acceptors (Lipinski definition) is 1. The lowest BCUT2D eigenvalue weighted by atomic mass is 9.81. The molecule has 0 bridgehead atoms. The lowest BCUT2D eigenvalue weighted by Crippen LogP contribution is -2.21. The molecule has 2 aliphatic carbocycles. The van der Waals surface area contributed by atoms with Crippen molar-refractivity contribution in [3.63, 3.8) is 0 Å². The average Bonchev–Trinajstić information content (AvgIpc) is 2.46. The van der Waals surface area contributed by atoms with Crippen LogP contribution in [0.4, 0.5) is 4.39 Å². The molecule has 0 N–H and O–H groups in total. The minimum absolute atomic E-state index is 0.422. The first-order chi connectivity index (χ1) is 5.79. The van der Waals surface area contributed by atoms with Gasteiger partial charge in [0.15, 0.2) is 0 Å². The molecule has 0 heterocycles. The van der Waals surface area contributed by atoms with Crippen LogP contribution in [0.3, 0.4) is 0 Å². The molecular formula is C10H17FO. The second-order valence-corrected chi connectivity index (χ2v) is 4.26. The lowest BCUT2D eigenvalue weighted by molar-refractivity contribution is 0.103. The number of hydrogen-bond donors (Lipinski definition) is 0. The fraction of sp³-hybridized carbons (Fsp3) is 1.00. The maximum Gasteiger partial charge on any atom is 0.100 e. The van der Waals surface area contributed by atoms with Crippen molar-refractivity contribution in [3.05, 3.63) is 0 Å². The topological polar surface area (TPSA) is 9.23 Å². The summed E-state index contributed by atoms with van der Waals surface area (Å²) in [6.07, 6.45) is 4.84. The summed E-state index contributed by atoms with van der Waals surface area (Å²) in [6.45, 7) is 0. The molecular weight excluding hydrogens is 155 g/mol. The number of fused-ring (bicyclic) bond motifs is 1. The molecule has 0 spiro atoms. The quantitative estimate of drug-likeness (QED) is 0.590. The molecule has 2 saturated carbocycles. The van der Waals surface area contributed by atoms with E-state index in [0.29, 0.717) is 12.0 Å². The van der Waals surface area contributed by atoms with Crippen LogP contribution in [0.25, 0.3) is 0 Å². The van der Waals surface area contributed by atoms with Crippen LogP contribution < -0.4 is 0 Å². The van der Waals surface area contributed by atoms with E-state index in [-0.39, 0.29) is 0 Å². The van der Waals surface area contributed by atoms with Gasteiger partial charge in [-0.15, -0.1) is 0 Å². The van der Waals surface area contributed by atoms with E-state index in [1.165, 1.54) is 6.42 Å². The fourth-order valence-electron chi connectivity index (χ4n) is 2.83. The zero-order valence-electron chi connectivity index (χ0n) is 7.63. The van der Waals surface area contributed by atoms with Crippen molar-refractivity contribution in [1.29, 1.82) is 0 Å². The van der Waals surface area contributed by atoms with Crippen molar-refractivity contribution in [3.8, 4) is 0 Å². The van der Waals surface area contributed by atoms with Gasteiger partial charge >= 0.3 is 0 Å². The molecule has 0 aromatic heterocycles. The smallest absolute Gasteiger partial charge is 0.100 e. The Balaban J connectivity index is 1.93. The van der Waals surface area contributed by atoms with Gasteiger partial charge in [-0.25, -0.2) is 4.39 Å². The predicted molar refractivity (Wildman–Crippen MR) is 45.8 cm³/mol. The summed E-state index contributed by atoms with van der Waals surface area (Å²) >= 11 is 0. The van der Waals surface area contributed by atoms with Crippen LogP contribution in [0, 0.1) is 11.8 Å². The molecule has 0 saturated heterocycles. The summed E-state index contributed by atoms with van der Waals surface area (Å²) in [4.78, 5) is 0. The van der Waals surface area contributed by atoms with E-state index >= 15 is 0 Å². The van der Waals surface area contributed by atoms with Crippen molar-refractivity contribution in [2.45, 2.75) is 44.4 Å². The molecule has 0 aromatic rings. The van der Waals surface area contributed by atoms with Gasteiger partial charge in [-0.2, -0.15) is 0 Å². The Labute approximate surface area is 73.3 Å². The van der Waals surface area contributed by atoms with Gasteiger partial charge in [0.2, 0.25) is 0 Å². The SMILES string of the molecule is CO[C@@H]1CC2CC[C@H](F)C[C@@H]2C1. The zero-order valence-corrected chi connectivity index (χ0v) is 7.63. The van der Waals surface area contributed by atoms with E-state index in [0.717, 1.165) is 31.6 Å². The van der Waals surface area contributed by atoms with Crippen LogP contribution in [0.5, 0.6) is 0 Å². The Morgan fingerprint density at radius 1 is 1.08 bits per heavy atom. The van der Waals surface area contributed by atoms with Gasteiger partial charge in [-0.3, -0.25) is 0 Å². The summed E-state index contributed by atoms with van der Waals surface area (Å²) in [5.41, 5.74) is 0. The van der Waals surface area contributed by atoms with Gasteiger partial charge in [-0.1, -0.05) is 0 Å². The molecule has 0 radical (unpaired) electrons. The summed E-state index contributed by atoms with van der Waals surface area (Å²) in [5.74, 6) is 1.39. The van der Waals surface area contributed by atoms with E-state index in [9.17, 15) is 4.39 Å². The molecule has 12 heavy (non-hydrogen) atoms. The number of alkyl halides is 1. The monoisotopic (exact) mass is 172 g/mol. The molecule has 0 aromatic carbocycles. The van der Waals surface area contributed by atoms with Crippen molar-refractivity contribution in [2.75, 3.05) is 7.11 Å². The highest BCUT2D eigenvalue weighted by Gasteiger charge is 2.38. The van der Waals surface area contributed by atoms with E-state index in [1.54, 1.807) is 7.11 Å². The van der Waals surface area contributed by atoms with Crippen molar-refractivity contribution in [2.24, 2.45) is 11.8 Å². The minimum atomic E-state index is -0.526. The molecule has 4 atom stereocenters. The normalized spacial score (nSPS) is 47.5. The van der Waals surface area contributed by atoms with Gasteiger partial charge in [0.05, 0.1) is 6.10 Å². The Morgan fingerprint density at radius 3 is 2.58 bits per heavy atom. The van der Waals surface area contributed by atoms with Gasteiger partial charge < -0.3 is 4.74 Å². The van der Waals surface area contributed by atoms with Gasteiger partial charge in [0, 0.05) is 7.11 Å². The molecule has 2 fully saturated rings. The standard InChI is InChI=1S/C10H17FO/c1-12-10-5-7-2-3-9(11)4-8(7)6-10/h7-10H,2-6H2,1H3/t7?,8-,9+,10-/m1/s1. The summed E-state index contributed by atoms with van der Waals surface area (Å²) < 4.78 is 18.3. The highest BCUT2D eigenvalue weighted by molar-refractivity contribution is 4.89. The molecule has 2 heteroatoms. The molecule has 1 unspecified atom stereocenters. The third-order valence-electron chi connectivity index (χ3n) is 3.54. The van der Waals surface area contributed by atoms with Gasteiger partial charge in [-0.05, 0) is 43.9 Å². The summed E-state index contributed by atoms with van der Waals surface area (Å²) in [7, 11) is 1.77. The first-order valence-corrected chi connectivity index (χ1v) is 4.96. The van der Waals surface area contributed by atoms with Gasteiger partial charge in [0.1, 0.15) is 6.17 Å². The number of methoxy groups -OCH3 is 1. The maximum absolute atomic E-state index is 13.0. The molecule has 2 aliphatic rings. The van der Waals surface area contributed by atoms with Crippen molar-refractivity contribution in [1.82, 2.24) is 0 Å². The highest BCUT2D eigenvalue weighted by atomic mass is 19.1. The maximum atomic E-state index is 13.0. The van der Waals surface area contributed by atoms with Crippen LogP contribution in [-0.2, 0) is 4.74 Å². The van der Waals surface area contributed by atoms with E-state index in [4.69, 9.17) is 4.74 Å². The van der Waals surface area contributed by atoms with Crippen LogP contribution in [-0.4, -0.2) is 19.4 Å². The van der Waals surface area contributed by atoms with E-state index < -0.39 is 6.17 Å². The first-order valence-electron chi connectivity index (χ1n) is 4.96. The van der Waals surface area contributed by atoms with Crippen molar-refractivity contribution < 1.29 is 9.13 Å². The van der Waals surface area contributed by atoms with Crippen LogP contribution >= 0.6 is 0 Å². The molecule has 1 nitrogen and oxygen atoms in total. The van der Waals surface area contributed by atoms with Crippen LogP contribution in [0.15, 0.2) is 0 Å². The average molecular weight is 172 g/mol. The lowest BCUT2D eigenvalue weighted by Gasteiger charge is -2.26. The number of ether oxygens (including phenoxy) is 1. The summed E-state index contributed by atoms with van der Waals surface area (Å²) in [6, 6.07) is 0. The molecule has 70 valence electrons. The summed E-state index contributed by atoms with van der Waals surface area (Å²) in [5, 5.41) is 0. The first kappa shape index (κ1) is 8.49. The predicted octanol–water partition coefficient (Wildman–Crippen LogP) is 2.55. The van der Waals surface area contributed by atoms with E-state index in [1.807, 2.05) is 0 Å². The zero-order chi connectivity index (χ0) is 8.55. The Hall–Kier alpha value is -0.110. The second kappa shape index (κ2) is 3.33. The third-order valence-corrected chi connectivity index (χ3v) is 3.54. The second-order valence-electron chi connectivity index (χ2n) is 4.26. The Morgan fingerprint density at radius 2 is 1.83 bits per heavy atom. The van der Waals surface area contributed by atoms with Crippen LogP contribution in [0.2, 0.25) is 0 Å². The highest BCUT2D eigenvalue weighted by Crippen LogP contribution is 2.43. The Bertz CT molecular complexity index is 160. The van der Waals surface area contributed by atoms with Crippen molar-refractivity contribution >= 4 is 0 Å². The van der Waals surface area contributed by atoms with Crippen LogP contribution in [0.1, 0.15) is 32.1 Å². The third kappa shape index (κ3) is 1.49. The largest absolute Gasteiger partial charge is 0.381 e. The number of rotatable bonds is 1. The van der Waals surface area contributed by atoms with E-state index in [2.05, 4.69) is 0 Å².